The van der Waals surface area contributed by atoms with Gasteiger partial charge in [-0.1, -0.05) is 13.8 Å². The van der Waals surface area contributed by atoms with Gasteiger partial charge in [-0.15, -0.1) is 0 Å². The van der Waals surface area contributed by atoms with Crippen LogP contribution in [0.1, 0.15) is 50.4 Å². The maximum atomic E-state index is 11.6. The molecule has 0 aliphatic heterocycles. The Bertz CT molecular complexity index is 989. The smallest absolute Gasteiger partial charge is 0.209 e. The van der Waals surface area contributed by atoms with Crippen molar-refractivity contribution in [1.82, 2.24) is 19.9 Å². The average molecular weight is 423 g/mol. The van der Waals surface area contributed by atoms with Gasteiger partial charge in [-0.3, -0.25) is 9.36 Å². The van der Waals surface area contributed by atoms with E-state index < -0.39 is 0 Å². The molecule has 0 saturated carbocycles. The second kappa shape index (κ2) is 10.9. The van der Waals surface area contributed by atoms with E-state index in [1.807, 2.05) is 31.3 Å². The molecular formula is C24H34N6O. The number of nitrogens with zero attached hydrogens (tertiary/aromatic N) is 4. The van der Waals surface area contributed by atoms with Gasteiger partial charge in [0.15, 0.2) is 11.4 Å². The topological polar surface area (TPSA) is 75.1 Å². The largest absolute Gasteiger partial charge is 0.357 e. The van der Waals surface area contributed by atoms with Crippen molar-refractivity contribution in [2.24, 2.45) is 0 Å². The molecule has 3 aromatic rings. The molecular weight excluding hydrogens is 388 g/mol. The van der Waals surface area contributed by atoms with Crippen LogP contribution in [0.25, 0.3) is 11.2 Å². The van der Waals surface area contributed by atoms with E-state index in [1.54, 1.807) is 6.92 Å². The van der Waals surface area contributed by atoms with Gasteiger partial charge in [0, 0.05) is 30.9 Å². The van der Waals surface area contributed by atoms with Crippen molar-refractivity contribution in [2.45, 2.75) is 46.6 Å². The lowest BCUT2D eigenvalue weighted by atomic mass is 10.1. The van der Waals surface area contributed by atoms with Crippen molar-refractivity contribution in [3.63, 3.8) is 0 Å². The highest BCUT2D eigenvalue weighted by molar-refractivity contribution is 5.94. The van der Waals surface area contributed by atoms with E-state index in [1.165, 1.54) is 0 Å². The van der Waals surface area contributed by atoms with Crippen LogP contribution >= 0.6 is 0 Å². The molecule has 7 heteroatoms. The van der Waals surface area contributed by atoms with Crippen LogP contribution in [-0.4, -0.2) is 47.0 Å². The van der Waals surface area contributed by atoms with Crippen molar-refractivity contribution >= 4 is 34.4 Å². The summed E-state index contributed by atoms with van der Waals surface area (Å²) in [6, 6.07) is 11.6. The Balaban J connectivity index is 1.97. The van der Waals surface area contributed by atoms with E-state index in [0.717, 1.165) is 74.1 Å². The third-order valence-electron chi connectivity index (χ3n) is 5.24. The standard InChI is InChI=1S/C24H34N6O/c1-5-15-29(16-6-2)22-13-12-21-23(28-22)30(17-7-14-25-4)24(27-21)26-20-10-8-19(9-11-20)18(3)31/h8-13,25H,5-7,14-17H2,1-4H3,(H,26,27). The quantitative estimate of drug-likeness (QED) is 0.328. The maximum absolute atomic E-state index is 11.6. The second-order valence-corrected chi connectivity index (χ2v) is 7.80. The summed E-state index contributed by atoms with van der Waals surface area (Å²) < 4.78 is 2.16. The van der Waals surface area contributed by atoms with Crippen molar-refractivity contribution in [3.8, 4) is 0 Å². The maximum Gasteiger partial charge on any atom is 0.209 e. The van der Waals surface area contributed by atoms with Crippen LogP contribution < -0.4 is 15.5 Å². The van der Waals surface area contributed by atoms with Crippen LogP contribution in [0, 0.1) is 0 Å². The molecule has 0 aliphatic rings. The highest BCUT2D eigenvalue weighted by atomic mass is 16.1. The SMILES string of the molecule is CCCN(CCC)c1ccc2nc(Nc3ccc(C(C)=O)cc3)n(CCCNC)c2n1. The Morgan fingerprint density at radius 1 is 1.03 bits per heavy atom. The predicted molar refractivity (Wildman–Crippen MR) is 129 cm³/mol. The van der Waals surface area contributed by atoms with Crippen molar-refractivity contribution in [3.05, 3.63) is 42.0 Å². The lowest BCUT2D eigenvalue weighted by Gasteiger charge is -2.22. The molecule has 2 N–H and O–H groups in total. The number of hydrogen-bond donors (Lipinski definition) is 2. The molecule has 31 heavy (non-hydrogen) atoms. The monoisotopic (exact) mass is 422 g/mol. The fourth-order valence-corrected chi connectivity index (χ4v) is 3.69. The highest BCUT2D eigenvalue weighted by Crippen LogP contribution is 2.25. The second-order valence-electron chi connectivity index (χ2n) is 7.80. The Morgan fingerprint density at radius 2 is 1.74 bits per heavy atom. The minimum Gasteiger partial charge on any atom is -0.357 e. The van der Waals surface area contributed by atoms with Gasteiger partial charge in [0.25, 0.3) is 0 Å². The molecule has 0 fully saturated rings. The molecule has 166 valence electrons. The molecule has 0 bridgehead atoms. The predicted octanol–water partition coefficient (Wildman–Crippen LogP) is 4.61. The summed E-state index contributed by atoms with van der Waals surface area (Å²) in [6.45, 7) is 9.69. The number of aromatic nitrogens is 3. The number of imidazole rings is 1. The van der Waals surface area contributed by atoms with Crippen LogP contribution in [0.2, 0.25) is 0 Å². The first-order valence-corrected chi connectivity index (χ1v) is 11.2. The van der Waals surface area contributed by atoms with Gasteiger partial charge >= 0.3 is 0 Å². The van der Waals surface area contributed by atoms with Crippen LogP contribution in [-0.2, 0) is 6.54 Å². The summed E-state index contributed by atoms with van der Waals surface area (Å²) in [5.41, 5.74) is 3.37. The summed E-state index contributed by atoms with van der Waals surface area (Å²) in [4.78, 5) is 23.7. The number of fused-ring (bicyclic) bond motifs is 1. The number of pyridine rings is 1. The number of aryl methyl sites for hydroxylation is 1. The van der Waals surface area contributed by atoms with E-state index in [4.69, 9.17) is 9.97 Å². The molecule has 0 saturated heterocycles. The molecule has 1 aromatic carbocycles. The molecule has 3 rings (SSSR count). The van der Waals surface area contributed by atoms with E-state index in [9.17, 15) is 4.79 Å². The van der Waals surface area contributed by atoms with E-state index >= 15 is 0 Å². The van der Waals surface area contributed by atoms with Crippen LogP contribution in [0.3, 0.4) is 0 Å². The number of nitrogens with one attached hydrogen (secondary N) is 2. The van der Waals surface area contributed by atoms with Gasteiger partial charge in [-0.05, 0) is 76.2 Å². The summed E-state index contributed by atoms with van der Waals surface area (Å²) in [7, 11) is 1.96. The molecule has 0 amide bonds. The van der Waals surface area contributed by atoms with Gasteiger partial charge in [-0.2, -0.15) is 0 Å². The zero-order valence-corrected chi connectivity index (χ0v) is 19.1. The van der Waals surface area contributed by atoms with Gasteiger partial charge in [0.05, 0.1) is 0 Å². The van der Waals surface area contributed by atoms with Gasteiger partial charge in [0.2, 0.25) is 5.95 Å². The molecule has 0 unspecified atom stereocenters. The number of anilines is 3. The zero-order chi connectivity index (χ0) is 22.2. The lowest BCUT2D eigenvalue weighted by Crippen LogP contribution is -2.25. The van der Waals surface area contributed by atoms with Gasteiger partial charge in [-0.25, -0.2) is 9.97 Å². The summed E-state index contributed by atoms with van der Waals surface area (Å²) >= 11 is 0. The Labute approximate surface area is 184 Å². The number of hydrogen-bond acceptors (Lipinski definition) is 6. The third-order valence-corrected chi connectivity index (χ3v) is 5.24. The molecule has 7 nitrogen and oxygen atoms in total. The first-order valence-electron chi connectivity index (χ1n) is 11.2. The third kappa shape index (κ3) is 5.61. The van der Waals surface area contributed by atoms with Crippen molar-refractivity contribution in [1.29, 1.82) is 0 Å². The average Bonchev–Trinajstić information content (AvgIpc) is 3.10. The zero-order valence-electron chi connectivity index (χ0n) is 19.1. The fourth-order valence-electron chi connectivity index (χ4n) is 3.69. The molecule has 2 heterocycles. The van der Waals surface area contributed by atoms with Crippen LogP contribution in [0.5, 0.6) is 0 Å². The van der Waals surface area contributed by atoms with Gasteiger partial charge in [0.1, 0.15) is 11.3 Å². The number of rotatable bonds is 12. The minimum atomic E-state index is 0.0614. The first kappa shape index (κ1) is 22.7. The van der Waals surface area contributed by atoms with E-state index in [2.05, 4.69) is 46.1 Å². The molecule has 0 atom stereocenters. The Morgan fingerprint density at radius 3 is 2.35 bits per heavy atom. The van der Waals surface area contributed by atoms with Crippen LogP contribution in [0.4, 0.5) is 17.5 Å². The molecule has 0 spiro atoms. The van der Waals surface area contributed by atoms with Crippen LogP contribution in [0.15, 0.2) is 36.4 Å². The lowest BCUT2D eigenvalue weighted by molar-refractivity contribution is 0.101. The van der Waals surface area contributed by atoms with Crippen molar-refractivity contribution < 1.29 is 4.79 Å². The normalized spacial score (nSPS) is 11.1. The number of benzene rings is 1. The highest BCUT2D eigenvalue weighted by Gasteiger charge is 2.15. The first-order chi connectivity index (χ1) is 15.1. The number of Topliss-reactive ketones (excluding diaryl/α,β-unsaturated/α-hetero) is 1. The molecule has 2 aromatic heterocycles. The number of ketones is 1. The fraction of sp³-hybridized carbons (Fsp3) is 0.458. The Kier molecular flexibility index (Phi) is 8.00. The van der Waals surface area contributed by atoms with E-state index in [0.29, 0.717) is 5.56 Å². The van der Waals surface area contributed by atoms with E-state index in [-0.39, 0.29) is 5.78 Å². The van der Waals surface area contributed by atoms with Gasteiger partial charge < -0.3 is 15.5 Å². The molecule has 0 aliphatic carbocycles. The Hall–Kier alpha value is -2.93. The van der Waals surface area contributed by atoms with Crippen molar-refractivity contribution in [2.75, 3.05) is 36.9 Å². The summed E-state index contributed by atoms with van der Waals surface area (Å²) in [5, 5.41) is 6.63. The summed E-state index contributed by atoms with van der Waals surface area (Å²) in [5.74, 6) is 1.83. The number of carbonyl (C=O) groups excluding carboxylic acids is 1. The number of carbonyl (C=O) groups is 1. The molecule has 0 radical (unpaired) electrons. The summed E-state index contributed by atoms with van der Waals surface area (Å²) in [6.07, 6.45) is 3.15. The minimum absolute atomic E-state index is 0.0614.